The Hall–Kier alpha value is -4.34. The number of carbonyl (C=O) groups is 2. The zero-order valence-electron chi connectivity index (χ0n) is 20.2. The highest BCUT2D eigenvalue weighted by Crippen LogP contribution is 2.44. The first-order valence-electron chi connectivity index (χ1n) is 11.2. The van der Waals surface area contributed by atoms with Crippen molar-refractivity contribution in [1.29, 1.82) is 0 Å². The Bertz CT molecular complexity index is 1570. The first kappa shape index (κ1) is 26.7. The maximum absolute atomic E-state index is 13.7. The third-order valence-electron chi connectivity index (χ3n) is 5.72. The fraction of sp³-hybridized carbons (Fsp3) is 0.318. The molecule has 2 amide bonds. The molecule has 0 fully saturated rings. The van der Waals surface area contributed by atoms with Crippen LogP contribution in [0.2, 0.25) is 0 Å². The second-order valence-electron chi connectivity index (χ2n) is 8.46. The minimum atomic E-state index is -4.78. The molecule has 4 rings (SSSR count). The highest BCUT2D eigenvalue weighted by atomic mass is 32.1. The molecule has 16 heteroatoms. The average molecular weight is 551 g/mol. The Kier molecular flexibility index (Phi) is 6.92. The molecule has 0 aromatic carbocycles. The van der Waals surface area contributed by atoms with Gasteiger partial charge in [-0.3, -0.25) is 29.1 Å². The summed E-state index contributed by atoms with van der Waals surface area (Å²) in [6, 6.07) is 0.853. The molecule has 12 nitrogen and oxygen atoms in total. The number of fused-ring (bicyclic) bond motifs is 1. The number of anilines is 1. The Morgan fingerprint density at radius 3 is 2.53 bits per heavy atom. The van der Waals surface area contributed by atoms with Gasteiger partial charge in [-0.2, -0.15) is 23.4 Å². The molecule has 4 heterocycles. The summed E-state index contributed by atoms with van der Waals surface area (Å²) in [4.78, 5) is 39.1. The maximum Gasteiger partial charge on any atom is 0.433 e. The van der Waals surface area contributed by atoms with Gasteiger partial charge in [-0.15, -0.1) is 11.3 Å². The van der Waals surface area contributed by atoms with Crippen LogP contribution in [0.4, 0.5) is 24.5 Å². The Balaban J connectivity index is 1.83. The number of nitrogens with zero attached hydrogens (tertiary/aromatic N) is 6. The monoisotopic (exact) mass is 550 g/mol. The fourth-order valence-electron chi connectivity index (χ4n) is 3.85. The summed E-state index contributed by atoms with van der Waals surface area (Å²) in [5, 5.41) is 21.8. The van der Waals surface area contributed by atoms with Crippen LogP contribution in [0.5, 0.6) is 0 Å². The number of pyridine rings is 1. The van der Waals surface area contributed by atoms with E-state index in [4.69, 9.17) is 5.73 Å². The molecule has 200 valence electrons. The number of nitrogens with one attached hydrogen (secondary N) is 1. The van der Waals surface area contributed by atoms with Gasteiger partial charge in [0.15, 0.2) is 0 Å². The second kappa shape index (κ2) is 9.85. The number of halogens is 3. The molecule has 4 aromatic rings. The lowest BCUT2D eigenvalue weighted by Gasteiger charge is -2.14. The van der Waals surface area contributed by atoms with Crippen molar-refractivity contribution in [1.82, 2.24) is 24.5 Å². The minimum Gasteiger partial charge on any atom is -0.365 e. The van der Waals surface area contributed by atoms with Gasteiger partial charge in [0.05, 0.1) is 28.8 Å². The molecule has 1 atom stereocenters. The molecule has 1 unspecified atom stereocenters. The number of carbonyl (C=O) groups excluding carboxylic acids is 2. The topological polar surface area (TPSA) is 164 Å². The van der Waals surface area contributed by atoms with Gasteiger partial charge in [-0.25, -0.2) is 4.98 Å². The van der Waals surface area contributed by atoms with Gasteiger partial charge >= 0.3 is 11.9 Å². The number of aryl methyl sites for hydroxylation is 2. The lowest BCUT2D eigenvalue weighted by atomic mass is 10.0. The minimum absolute atomic E-state index is 0.0423. The van der Waals surface area contributed by atoms with Crippen molar-refractivity contribution in [2.45, 2.75) is 40.0 Å². The molecule has 0 saturated carbocycles. The van der Waals surface area contributed by atoms with Crippen molar-refractivity contribution >= 4 is 44.7 Å². The molecule has 38 heavy (non-hydrogen) atoms. The molecule has 3 N–H and O–H groups in total. The first-order valence-corrected chi connectivity index (χ1v) is 12.0. The number of hydrogen-bond acceptors (Lipinski definition) is 8. The van der Waals surface area contributed by atoms with E-state index in [1.807, 2.05) is 6.92 Å². The zero-order valence-corrected chi connectivity index (χ0v) is 21.1. The van der Waals surface area contributed by atoms with Gasteiger partial charge in [0.25, 0.3) is 5.91 Å². The number of aromatic nitrogens is 5. The van der Waals surface area contributed by atoms with Crippen LogP contribution in [0, 0.1) is 23.0 Å². The lowest BCUT2D eigenvalue weighted by Crippen LogP contribution is -2.25. The number of nitro groups is 1. The predicted octanol–water partition coefficient (Wildman–Crippen LogP) is 3.99. The van der Waals surface area contributed by atoms with E-state index in [2.05, 4.69) is 20.5 Å². The van der Waals surface area contributed by atoms with E-state index in [0.717, 1.165) is 18.5 Å². The largest absolute Gasteiger partial charge is 0.433 e. The third kappa shape index (κ3) is 5.06. The van der Waals surface area contributed by atoms with E-state index in [0.29, 0.717) is 29.1 Å². The van der Waals surface area contributed by atoms with E-state index in [1.165, 1.54) is 11.6 Å². The molecule has 0 radical (unpaired) electrons. The summed E-state index contributed by atoms with van der Waals surface area (Å²) in [5.74, 6) is -2.38. The number of hydrogen-bond donors (Lipinski definition) is 2. The zero-order chi connectivity index (χ0) is 27.9. The van der Waals surface area contributed by atoms with Crippen molar-refractivity contribution in [3.63, 3.8) is 0 Å². The van der Waals surface area contributed by atoms with Crippen LogP contribution in [0.3, 0.4) is 0 Å². The smallest absolute Gasteiger partial charge is 0.365 e. The number of primary amides is 1. The van der Waals surface area contributed by atoms with Crippen LogP contribution in [0.1, 0.15) is 34.9 Å². The van der Waals surface area contributed by atoms with Crippen molar-refractivity contribution in [3.8, 4) is 11.1 Å². The summed E-state index contributed by atoms with van der Waals surface area (Å²) < 4.78 is 44.0. The highest BCUT2D eigenvalue weighted by molar-refractivity contribution is 7.21. The van der Waals surface area contributed by atoms with Crippen molar-refractivity contribution < 1.29 is 27.7 Å². The predicted molar refractivity (Wildman–Crippen MR) is 131 cm³/mol. The van der Waals surface area contributed by atoms with Gasteiger partial charge < -0.3 is 11.1 Å². The molecule has 4 aromatic heterocycles. The molecule has 0 spiro atoms. The van der Waals surface area contributed by atoms with Crippen molar-refractivity contribution in [2.75, 3.05) is 5.32 Å². The number of amides is 2. The number of thiophene rings is 1. The highest BCUT2D eigenvalue weighted by Gasteiger charge is 2.35. The van der Waals surface area contributed by atoms with Gasteiger partial charge in [-0.1, -0.05) is 6.92 Å². The van der Waals surface area contributed by atoms with Gasteiger partial charge in [0.2, 0.25) is 5.91 Å². The number of rotatable bonds is 8. The Morgan fingerprint density at radius 1 is 1.26 bits per heavy atom. The SMILES string of the molecule is CCn1cc(-c2cc(C(F)(F)F)nc3sc(C(N)=O)c(NC(=O)C(C)Cn4cc([N+](=O)[O-])cn4)c23)c(C)n1. The van der Waals surface area contributed by atoms with Crippen molar-refractivity contribution in [2.24, 2.45) is 11.7 Å². The Labute approximate surface area is 216 Å². The van der Waals surface area contributed by atoms with E-state index >= 15 is 0 Å². The molecule has 0 saturated heterocycles. The van der Waals surface area contributed by atoms with E-state index in [9.17, 15) is 32.9 Å². The van der Waals surface area contributed by atoms with E-state index in [1.54, 1.807) is 17.8 Å². The third-order valence-corrected chi connectivity index (χ3v) is 6.82. The normalized spacial score (nSPS) is 12.6. The summed E-state index contributed by atoms with van der Waals surface area (Å²) >= 11 is 0.634. The molecular weight excluding hydrogens is 529 g/mol. The fourth-order valence-corrected chi connectivity index (χ4v) is 4.86. The second-order valence-corrected chi connectivity index (χ2v) is 9.45. The van der Waals surface area contributed by atoms with Crippen LogP contribution in [-0.2, 0) is 24.1 Å². The summed E-state index contributed by atoms with van der Waals surface area (Å²) in [6.45, 7) is 5.39. The summed E-state index contributed by atoms with van der Waals surface area (Å²) in [5.41, 5.74) is 4.91. The van der Waals surface area contributed by atoms with Gasteiger partial charge in [-0.05, 0) is 25.5 Å². The van der Waals surface area contributed by atoms with Crippen molar-refractivity contribution in [3.05, 3.63) is 51.0 Å². The lowest BCUT2D eigenvalue weighted by molar-refractivity contribution is -0.385. The molecule has 0 aliphatic carbocycles. The summed E-state index contributed by atoms with van der Waals surface area (Å²) in [6.07, 6.45) is -1.01. The number of alkyl halides is 3. The van der Waals surface area contributed by atoms with Crippen LogP contribution in [0.15, 0.2) is 24.7 Å². The molecule has 0 aliphatic heterocycles. The van der Waals surface area contributed by atoms with Crippen LogP contribution in [0.25, 0.3) is 21.3 Å². The standard InChI is InChI=1S/C22H21F3N8O4S/c1-4-31-9-14(11(3)30-31)13-5-15(22(23,24)25)28-21-16(13)17(18(38-21)19(26)34)29-20(35)10(2)7-32-8-12(6-27-32)33(36)37/h5-6,8-10H,4,7H2,1-3H3,(H2,26,34)(H,29,35). The molecule has 0 aliphatic rings. The Morgan fingerprint density at radius 2 is 1.97 bits per heavy atom. The first-order chi connectivity index (χ1) is 17.8. The number of nitrogens with two attached hydrogens (primary N) is 1. The molecular formula is C22H21F3N8O4S. The summed E-state index contributed by atoms with van der Waals surface area (Å²) in [7, 11) is 0. The van der Waals surface area contributed by atoms with Gasteiger partial charge in [0, 0.05) is 23.7 Å². The van der Waals surface area contributed by atoms with E-state index < -0.39 is 34.5 Å². The average Bonchev–Trinajstić information content (AvgIpc) is 3.55. The maximum atomic E-state index is 13.7. The van der Waals surface area contributed by atoms with Crippen LogP contribution < -0.4 is 11.1 Å². The van der Waals surface area contributed by atoms with Gasteiger partial charge in [0.1, 0.15) is 27.8 Å². The quantitative estimate of drug-likeness (QED) is 0.247. The van der Waals surface area contributed by atoms with Crippen LogP contribution >= 0.6 is 11.3 Å². The molecule has 0 bridgehead atoms. The van der Waals surface area contributed by atoms with Crippen LogP contribution in [-0.4, -0.2) is 41.3 Å². The van der Waals surface area contributed by atoms with E-state index in [-0.39, 0.29) is 38.6 Å².